The summed E-state index contributed by atoms with van der Waals surface area (Å²) in [5, 5.41) is 2.37. The van der Waals surface area contributed by atoms with Gasteiger partial charge in [0.25, 0.3) is 0 Å². The molecular formula is C19H15F2IrP. The predicted molar refractivity (Wildman–Crippen MR) is 89.1 cm³/mol. The summed E-state index contributed by atoms with van der Waals surface area (Å²) in [4.78, 5) is 0. The molecule has 119 valence electrons. The van der Waals surface area contributed by atoms with Crippen LogP contribution in [0.4, 0.5) is 8.78 Å². The molecule has 0 aromatic heterocycles. The van der Waals surface area contributed by atoms with E-state index < -0.39 is 19.6 Å². The Kier molecular flexibility index (Phi) is 6.59. The molecule has 0 unspecified atom stereocenters. The molecule has 0 saturated carbocycles. The third kappa shape index (κ3) is 4.54. The molecule has 0 bridgehead atoms. The predicted octanol–water partition coefficient (Wildman–Crippen LogP) is 4.60. The summed E-state index contributed by atoms with van der Waals surface area (Å²) in [6.07, 6.45) is 0.565. The van der Waals surface area contributed by atoms with Crippen molar-refractivity contribution in [3.8, 4) is 0 Å². The van der Waals surface area contributed by atoms with E-state index >= 15 is 0 Å². The molecule has 0 N–H and O–H groups in total. The second-order valence-electron chi connectivity index (χ2n) is 4.99. The molecule has 4 heteroatoms. The fourth-order valence-electron chi connectivity index (χ4n) is 2.37. The van der Waals surface area contributed by atoms with Crippen molar-refractivity contribution < 1.29 is 28.9 Å². The Bertz CT molecular complexity index is 708. The molecule has 1 radical (unpaired) electrons. The summed E-state index contributed by atoms with van der Waals surface area (Å²) in [6.45, 7) is 0. The third-order valence-corrected chi connectivity index (χ3v) is 5.98. The normalized spacial score (nSPS) is 10.4. The molecule has 0 atom stereocenters. The van der Waals surface area contributed by atoms with Gasteiger partial charge < -0.3 is 0 Å². The van der Waals surface area contributed by atoms with Crippen molar-refractivity contribution in [3.05, 3.63) is 96.1 Å². The van der Waals surface area contributed by atoms with Crippen LogP contribution in [0.1, 0.15) is 5.56 Å². The number of hydrogen-bond acceptors (Lipinski definition) is 0. The summed E-state index contributed by atoms with van der Waals surface area (Å²) < 4.78 is 27.1. The number of rotatable bonds is 4. The molecule has 23 heavy (non-hydrogen) atoms. The second kappa shape index (κ2) is 8.45. The Labute approximate surface area is 149 Å². The molecule has 0 saturated heterocycles. The zero-order valence-electron chi connectivity index (χ0n) is 12.2. The first kappa shape index (κ1) is 17.9. The molecule has 0 aliphatic carbocycles. The van der Waals surface area contributed by atoms with E-state index in [1.165, 1.54) is 16.7 Å². The van der Waals surface area contributed by atoms with Crippen molar-refractivity contribution in [1.29, 1.82) is 0 Å². The zero-order valence-corrected chi connectivity index (χ0v) is 15.5. The summed E-state index contributed by atoms with van der Waals surface area (Å²) in [5.41, 5.74) is 0.556. The summed E-state index contributed by atoms with van der Waals surface area (Å²) in [5.74, 6) is -1.01. The average molecular weight is 505 g/mol. The van der Waals surface area contributed by atoms with Gasteiger partial charge in [-0.25, -0.2) is 8.78 Å². The van der Waals surface area contributed by atoms with E-state index in [4.69, 9.17) is 0 Å². The smallest absolute Gasteiger partial charge is 0.129 e. The molecule has 3 aromatic carbocycles. The summed E-state index contributed by atoms with van der Waals surface area (Å²) in [7, 11) is -0.715. The Morgan fingerprint density at radius 1 is 0.696 bits per heavy atom. The first-order valence-electron chi connectivity index (χ1n) is 7.05. The van der Waals surface area contributed by atoms with Crippen LogP contribution in [0.2, 0.25) is 0 Å². The number of halogens is 2. The molecule has 0 spiro atoms. The minimum atomic E-state index is -0.715. The fourth-order valence-corrected chi connectivity index (χ4v) is 4.69. The van der Waals surface area contributed by atoms with E-state index in [1.807, 2.05) is 36.4 Å². The van der Waals surface area contributed by atoms with Crippen molar-refractivity contribution in [3.63, 3.8) is 0 Å². The van der Waals surface area contributed by atoms with Crippen LogP contribution in [0.15, 0.2) is 78.9 Å². The van der Waals surface area contributed by atoms with Crippen LogP contribution in [-0.4, -0.2) is 0 Å². The van der Waals surface area contributed by atoms with Gasteiger partial charge in [0.2, 0.25) is 0 Å². The van der Waals surface area contributed by atoms with Crippen LogP contribution in [0.5, 0.6) is 0 Å². The summed E-state index contributed by atoms with van der Waals surface area (Å²) >= 11 is 0. The van der Waals surface area contributed by atoms with E-state index in [0.29, 0.717) is 11.7 Å². The van der Waals surface area contributed by atoms with Gasteiger partial charge in [0.1, 0.15) is 11.6 Å². The zero-order chi connectivity index (χ0) is 15.4. The van der Waals surface area contributed by atoms with Crippen molar-refractivity contribution >= 4 is 18.5 Å². The SMILES string of the molecule is Fc1ccc(CP(c2ccccc2)c2ccccc2)c(F)c1.[Ir]. The molecule has 3 aromatic rings. The van der Waals surface area contributed by atoms with Gasteiger partial charge in [0, 0.05) is 32.3 Å². The molecule has 0 fully saturated rings. The second-order valence-corrected chi connectivity index (χ2v) is 7.20. The first-order chi connectivity index (χ1) is 10.7. The third-order valence-electron chi connectivity index (χ3n) is 3.48. The van der Waals surface area contributed by atoms with Crippen LogP contribution >= 0.6 is 7.92 Å². The average Bonchev–Trinajstić information content (AvgIpc) is 2.56. The molecule has 0 amide bonds. The Hall–Kier alpha value is -1.40. The molecule has 0 aliphatic rings. The van der Waals surface area contributed by atoms with Gasteiger partial charge in [-0.1, -0.05) is 66.7 Å². The number of benzene rings is 3. The van der Waals surface area contributed by atoms with Gasteiger partial charge in [-0.2, -0.15) is 0 Å². The minimum absolute atomic E-state index is 0. The van der Waals surface area contributed by atoms with Crippen LogP contribution in [0, 0.1) is 11.6 Å². The Morgan fingerprint density at radius 2 is 1.22 bits per heavy atom. The van der Waals surface area contributed by atoms with Gasteiger partial charge in [-0.05, 0) is 30.2 Å². The molecule has 0 aliphatic heterocycles. The van der Waals surface area contributed by atoms with Gasteiger partial charge in [-0.15, -0.1) is 0 Å². The molecule has 0 heterocycles. The fraction of sp³-hybridized carbons (Fsp3) is 0.0526. The Morgan fingerprint density at radius 3 is 1.70 bits per heavy atom. The topological polar surface area (TPSA) is 0 Å². The van der Waals surface area contributed by atoms with E-state index in [0.717, 1.165) is 6.07 Å². The van der Waals surface area contributed by atoms with E-state index in [1.54, 1.807) is 6.07 Å². The minimum Gasteiger partial charge on any atom is -0.207 e. The van der Waals surface area contributed by atoms with Crippen molar-refractivity contribution in [1.82, 2.24) is 0 Å². The first-order valence-corrected chi connectivity index (χ1v) is 8.58. The standard InChI is InChI=1S/C19H15F2P.Ir/c20-16-12-11-15(19(21)13-16)14-22(17-7-3-1-4-8-17)18-9-5-2-6-10-18;/h1-13H,14H2;. The van der Waals surface area contributed by atoms with Crippen LogP contribution in [0.3, 0.4) is 0 Å². The number of hydrogen-bond donors (Lipinski definition) is 0. The van der Waals surface area contributed by atoms with Gasteiger partial charge in [-0.3, -0.25) is 0 Å². The van der Waals surface area contributed by atoms with Gasteiger partial charge in [0.15, 0.2) is 0 Å². The Balaban J connectivity index is 0.00000192. The van der Waals surface area contributed by atoms with Crippen molar-refractivity contribution in [2.75, 3.05) is 0 Å². The monoisotopic (exact) mass is 505 g/mol. The summed E-state index contributed by atoms with van der Waals surface area (Å²) in [6, 6.07) is 24.0. The molecular weight excluding hydrogens is 489 g/mol. The largest absolute Gasteiger partial charge is 0.207 e. The van der Waals surface area contributed by atoms with Crippen molar-refractivity contribution in [2.24, 2.45) is 0 Å². The quantitative estimate of drug-likeness (QED) is 0.456. The molecule has 3 rings (SSSR count). The van der Waals surface area contributed by atoms with Crippen molar-refractivity contribution in [2.45, 2.75) is 6.16 Å². The maximum Gasteiger partial charge on any atom is 0.129 e. The van der Waals surface area contributed by atoms with Crippen LogP contribution in [-0.2, 0) is 26.3 Å². The van der Waals surface area contributed by atoms with Crippen LogP contribution < -0.4 is 10.6 Å². The maximum atomic E-state index is 14.0. The maximum absolute atomic E-state index is 14.0. The van der Waals surface area contributed by atoms with Gasteiger partial charge in [0.05, 0.1) is 0 Å². The van der Waals surface area contributed by atoms with E-state index in [-0.39, 0.29) is 20.1 Å². The molecule has 0 nitrogen and oxygen atoms in total. The van der Waals surface area contributed by atoms with E-state index in [2.05, 4.69) is 24.3 Å². The van der Waals surface area contributed by atoms with Crippen LogP contribution in [0.25, 0.3) is 0 Å². The van der Waals surface area contributed by atoms with Gasteiger partial charge >= 0.3 is 0 Å². The van der Waals surface area contributed by atoms with E-state index in [9.17, 15) is 8.78 Å².